The number of imide groups is 1. The number of pyridine rings is 1. The molecule has 3 rings (SSSR count). The van der Waals surface area contributed by atoms with E-state index in [1.807, 2.05) is 0 Å². The molecule has 1 aliphatic rings. The number of nitrogens with zero attached hydrogens (tertiary/aromatic N) is 3. The van der Waals surface area contributed by atoms with Gasteiger partial charge in [-0.3, -0.25) is 14.6 Å². The first-order valence-corrected chi connectivity index (χ1v) is 5.66. The average molecular weight is 267 g/mol. The molecular formula is C14H6FN3O2. The topological polar surface area (TPSA) is 74.1 Å². The minimum atomic E-state index is -0.700. The average Bonchev–Trinajstić information content (AvgIpc) is 2.72. The third kappa shape index (κ3) is 1.57. The summed E-state index contributed by atoms with van der Waals surface area (Å²) in [4.78, 5) is 29.1. The highest BCUT2D eigenvalue weighted by atomic mass is 19.1. The fourth-order valence-corrected chi connectivity index (χ4v) is 2.06. The molecule has 0 atom stereocenters. The predicted octanol–water partition coefficient (Wildman–Crippen LogP) is 1.89. The number of anilines is 1. The van der Waals surface area contributed by atoms with Crippen molar-refractivity contribution in [2.24, 2.45) is 0 Å². The smallest absolute Gasteiger partial charge is 0.267 e. The van der Waals surface area contributed by atoms with Crippen LogP contribution in [0.3, 0.4) is 0 Å². The number of rotatable bonds is 1. The Kier molecular flexibility index (Phi) is 2.54. The van der Waals surface area contributed by atoms with Gasteiger partial charge in [0.1, 0.15) is 11.9 Å². The van der Waals surface area contributed by atoms with Gasteiger partial charge in [-0.25, -0.2) is 9.29 Å². The first-order valence-electron chi connectivity index (χ1n) is 5.66. The summed E-state index contributed by atoms with van der Waals surface area (Å²) >= 11 is 0. The van der Waals surface area contributed by atoms with E-state index in [4.69, 9.17) is 5.26 Å². The van der Waals surface area contributed by atoms with Gasteiger partial charge >= 0.3 is 0 Å². The summed E-state index contributed by atoms with van der Waals surface area (Å²) in [5.74, 6) is -1.74. The monoisotopic (exact) mass is 267 g/mol. The molecule has 2 amide bonds. The standard InChI is InChI=1S/C14H6FN3O2/c15-12-2-1-9(5-8(12)6-16)18-13(19)10-3-4-17-7-11(10)14(18)20/h1-5,7H. The second kappa shape index (κ2) is 4.24. The molecule has 0 spiro atoms. The van der Waals surface area contributed by atoms with E-state index in [9.17, 15) is 14.0 Å². The molecule has 6 heteroatoms. The minimum absolute atomic E-state index is 0.161. The van der Waals surface area contributed by atoms with Gasteiger partial charge in [-0.15, -0.1) is 0 Å². The normalized spacial score (nSPS) is 13.3. The summed E-state index contributed by atoms with van der Waals surface area (Å²) in [6.45, 7) is 0. The SMILES string of the molecule is N#Cc1cc(N2C(=O)c3ccncc3C2=O)ccc1F. The number of nitriles is 1. The van der Waals surface area contributed by atoms with Crippen LogP contribution < -0.4 is 4.90 Å². The number of amides is 2. The Bertz CT molecular complexity index is 760. The highest BCUT2D eigenvalue weighted by molar-refractivity contribution is 6.34. The summed E-state index contributed by atoms with van der Waals surface area (Å²) < 4.78 is 13.3. The van der Waals surface area contributed by atoms with Crippen LogP contribution in [0.4, 0.5) is 10.1 Å². The molecule has 2 heterocycles. The first kappa shape index (κ1) is 12.0. The van der Waals surface area contributed by atoms with E-state index < -0.39 is 17.6 Å². The van der Waals surface area contributed by atoms with E-state index in [1.165, 1.54) is 30.6 Å². The molecule has 96 valence electrons. The Labute approximate surface area is 112 Å². The maximum absolute atomic E-state index is 13.3. The largest absolute Gasteiger partial charge is 0.268 e. The predicted molar refractivity (Wildman–Crippen MR) is 66.5 cm³/mol. The van der Waals surface area contributed by atoms with Crippen LogP contribution in [-0.4, -0.2) is 16.8 Å². The van der Waals surface area contributed by atoms with Gasteiger partial charge in [-0.2, -0.15) is 5.26 Å². The highest BCUT2D eigenvalue weighted by Gasteiger charge is 2.36. The van der Waals surface area contributed by atoms with Crippen molar-refractivity contribution in [3.05, 3.63) is 59.2 Å². The molecule has 0 unspecified atom stereocenters. The Morgan fingerprint density at radius 1 is 1.15 bits per heavy atom. The van der Waals surface area contributed by atoms with Gasteiger partial charge in [0, 0.05) is 12.4 Å². The van der Waals surface area contributed by atoms with Crippen LogP contribution >= 0.6 is 0 Å². The number of halogens is 1. The van der Waals surface area contributed by atoms with Gasteiger partial charge in [0.05, 0.1) is 22.4 Å². The molecule has 0 N–H and O–H groups in total. The van der Waals surface area contributed by atoms with Crippen molar-refractivity contribution in [1.82, 2.24) is 4.98 Å². The maximum atomic E-state index is 13.3. The summed E-state index contributed by atoms with van der Waals surface area (Å²) in [6.07, 6.45) is 2.73. The lowest BCUT2D eigenvalue weighted by atomic mass is 10.2. The Morgan fingerprint density at radius 3 is 2.60 bits per heavy atom. The third-order valence-electron chi connectivity index (χ3n) is 3.02. The molecule has 0 fully saturated rings. The molecule has 0 bridgehead atoms. The van der Waals surface area contributed by atoms with Crippen molar-refractivity contribution < 1.29 is 14.0 Å². The van der Waals surface area contributed by atoms with Gasteiger partial charge in [0.25, 0.3) is 11.8 Å². The molecule has 1 aromatic carbocycles. The zero-order chi connectivity index (χ0) is 14.3. The zero-order valence-electron chi connectivity index (χ0n) is 10.0. The Balaban J connectivity index is 2.12. The second-order valence-electron chi connectivity index (χ2n) is 4.14. The maximum Gasteiger partial charge on any atom is 0.267 e. The van der Waals surface area contributed by atoms with Crippen LogP contribution in [0.25, 0.3) is 0 Å². The van der Waals surface area contributed by atoms with Gasteiger partial charge in [-0.1, -0.05) is 0 Å². The number of hydrogen-bond donors (Lipinski definition) is 0. The quantitative estimate of drug-likeness (QED) is 0.739. The van der Waals surface area contributed by atoms with Crippen molar-refractivity contribution in [3.8, 4) is 6.07 Å². The fourth-order valence-electron chi connectivity index (χ4n) is 2.06. The van der Waals surface area contributed by atoms with Gasteiger partial charge in [0.15, 0.2) is 0 Å². The van der Waals surface area contributed by atoms with Crippen LogP contribution in [0, 0.1) is 17.1 Å². The van der Waals surface area contributed by atoms with Gasteiger partial charge in [0.2, 0.25) is 0 Å². The van der Waals surface area contributed by atoms with Crippen molar-refractivity contribution in [1.29, 1.82) is 5.26 Å². The molecule has 2 aromatic rings. The number of carbonyl (C=O) groups is 2. The lowest BCUT2D eigenvalue weighted by Crippen LogP contribution is -2.29. The van der Waals surface area contributed by atoms with Crippen LogP contribution in [0.15, 0.2) is 36.7 Å². The first-order chi connectivity index (χ1) is 9.63. The molecule has 1 aliphatic heterocycles. The lowest BCUT2D eigenvalue weighted by molar-refractivity contribution is 0.0926. The van der Waals surface area contributed by atoms with Crippen molar-refractivity contribution in [2.75, 3.05) is 4.90 Å². The van der Waals surface area contributed by atoms with E-state index in [1.54, 1.807) is 6.07 Å². The zero-order valence-corrected chi connectivity index (χ0v) is 10.0. The summed E-state index contributed by atoms with van der Waals surface area (Å²) in [5.41, 5.74) is 0.375. The van der Waals surface area contributed by atoms with Crippen LogP contribution in [-0.2, 0) is 0 Å². The van der Waals surface area contributed by atoms with E-state index in [2.05, 4.69) is 4.98 Å². The van der Waals surface area contributed by atoms with Crippen molar-refractivity contribution in [2.45, 2.75) is 0 Å². The number of carbonyl (C=O) groups excluding carboxylic acids is 2. The third-order valence-corrected chi connectivity index (χ3v) is 3.02. The molecule has 20 heavy (non-hydrogen) atoms. The minimum Gasteiger partial charge on any atom is -0.268 e. The van der Waals surface area contributed by atoms with Crippen LogP contribution in [0.5, 0.6) is 0 Å². The van der Waals surface area contributed by atoms with Gasteiger partial charge < -0.3 is 0 Å². The molecule has 5 nitrogen and oxygen atoms in total. The number of hydrogen-bond acceptors (Lipinski definition) is 4. The fraction of sp³-hybridized carbons (Fsp3) is 0. The van der Waals surface area contributed by atoms with E-state index in [0.717, 1.165) is 11.0 Å². The van der Waals surface area contributed by atoms with Crippen LogP contribution in [0.1, 0.15) is 26.3 Å². The molecule has 0 radical (unpaired) electrons. The summed E-state index contributed by atoms with van der Waals surface area (Å²) in [5, 5.41) is 8.80. The summed E-state index contributed by atoms with van der Waals surface area (Å²) in [7, 11) is 0. The summed E-state index contributed by atoms with van der Waals surface area (Å²) in [6, 6.07) is 6.63. The number of fused-ring (bicyclic) bond motifs is 1. The van der Waals surface area contributed by atoms with Crippen molar-refractivity contribution >= 4 is 17.5 Å². The number of benzene rings is 1. The molecule has 0 saturated heterocycles. The molecule has 0 aliphatic carbocycles. The Hall–Kier alpha value is -3.07. The van der Waals surface area contributed by atoms with E-state index >= 15 is 0 Å². The lowest BCUT2D eigenvalue weighted by Gasteiger charge is -2.14. The van der Waals surface area contributed by atoms with Crippen molar-refractivity contribution in [3.63, 3.8) is 0 Å². The second-order valence-corrected chi connectivity index (χ2v) is 4.14. The van der Waals surface area contributed by atoms with E-state index in [0.29, 0.717) is 0 Å². The highest BCUT2D eigenvalue weighted by Crippen LogP contribution is 2.28. The Morgan fingerprint density at radius 2 is 1.90 bits per heavy atom. The molecule has 0 saturated carbocycles. The molecular weight excluding hydrogens is 261 g/mol. The number of aromatic nitrogens is 1. The van der Waals surface area contributed by atoms with E-state index in [-0.39, 0.29) is 22.4 Å². The van der Waals surface area contributed by atoms with Crippen LogP contribution in [0.2, 0.25) is 0 Å². The molecule has 1 aromatic heterocycles. The van der Waals surface area contributed by atoms with Gasteiger partial charge in [-0.05, 0) is 24.3 Å².